The van der Waals surface area contributed by atoms with Crippen LogP contribution in [0.15, 0.2) is 48.5 Å². The number of rotatable bonds is 4. The van der Waals surface area contributed by atoms with Gasteiger partial charge < -0.3 is 15.1 Å². The van der Waals surface area contributed by atoms with Gasteiger partial charge in [0.1, 0.15) is 0 Å². The zero-order valence-corrected chi connectivity index (χ0v) is 17.1. The average molecular weight is 390 g/mol. The third kappa shape index (κ3) is 4.38. The Hall–Kier alpha value is -2.99. The molecule has 1 N–H and O–H groups in total. The van der Waals surface area contributed by atoms with E-state index in [2.05, 4.69) is 38.4 Å². The smallest absolute Gasteiger partial charge is 0.272 e. The van der Waals surface area contributed by atoms with Crippen LogP contribution in [0.3, 0.4) is 0 Å². The highest BCUT2D eigenvalue weighted by atomic mass is 16.1. The molecule has 6 nitrogen and oxygen atoms in total. The second-order valence-electron chi connectivity index (χ2n) is 7.73. The van der Waals surface area contributed by atoms with Gasteiger partial charge in [-0.25, -0.2) is 0 Å². The molecule has 1 saturated heterocycles. The number of hydrogen-bond donors (Lipinski definition) is 1. The van der Waals surface area contributed by atoms with Gasteiger partial charge >= 0.3 is 0 Å². The maximum Gasteiger partial charge on any atom is 0.272 e. The van der Waals surface area contributed by atoms with Crippen LogP contribution in [0.4, 0.5) is 5.82 Å². The molecule has 6 heteroatoms. The van der Waals surface area contributed by atoms with Crippen LogP contribution in [0.1, 0.15) is 28.0 Å². The van der Waals surface area contributed by atoms with Crippen LogP contribution in [0.5, 0.6) is 0 Å². The summed E-state index contributed by atoms with van der Waals surface area (Å²) in [5.74, 6) is 0.670. The Labute approximate surface area is 171 Å². The van der Waals surface area contributed by atoms with Crippen LogP contribution in [-0.4, -0.2) is 54.2 Å². The highest BCUT2D eigenvalue weighted by molar-refractivity contribution is 6.07. The van der Waals surface area contributed by atoms with E-state index in [4.69, 9.17) is 0 Å². The fraction of sp³-hybridized carbons (Fsp3) is 0.348. The second kappa shape index (κ2) is 8.57. The van der Waals surface area contributed by atoms with Crippen molar-refractivity contribution in [2.24, 2.45) is 0 Å². The number of aryl methyl sites for hydroxylation is 1. The Morgan fingerprint density at radius 1 is 1.00 bits per heavy atom. The number of aromatic nitrogens is 2. The molecular formula is C23H27N5O. The molecule has 1 amide bonds. The molecule has 0 bridgehead atoms. The number of carbonyl (C=O) groups is 1. The number of nitrogens with one attached hydrogen (secondary N) is 1. The van der Waals surface area contributed by atoms with Crippen LogP contribution >= 0.6 is 0 Å². The van der Waals surface area contributed by atoms with Crippen molar-refractivity contribution in [2.45, 2.75) is 19.9 Å². The van der Waals surface area contributed by atoms with Crippen LogP contribution in [0, 0.1) is 6.92 Å². The Morgan fingerprint density at radius 2 is 1.83 bits per heavy atom. The lowest BCUT2D eigenvalue weighted by molar-refractivity contribution is 0.0947. The van der Waals surface area contributed by atoms with Crippen LogP contribution < -0.4 is 10.2 Å². The molecule has 4 rings (SSSR count). The summed E-state index contributed by atoms with van der Waals surface area (Å²) in [6, 6.07) is 16.1. The number of fused-ring (bicyclic) bond motifs is 1. The van der Waals surface area contributed by atoms with E-state index in [1.807, 2.05) is 49.4 Å². The summed E-state index contributed by atoms with van der Waals surface area (Å²) < 4.78 is 0. The first-order valence-corrected chi connectivity index (χ1v) is 10.1. The van der Waals surface area contributed by atoms with Gasteiger partial charge in [-0.2, -0.15) is 0 Å². The lowest BCUT2D eigenvalue weighted by Crippen LogP contribution is -2.30. The van der Waals surface area contributed by atoms with Gasteiger partial charge in [0.2, 0.25) is 0 Å². The highest BCUT2D eigenvalue weighted by Gasteiger charge is 2.20. The first kappa shape index (κ1) is 19.3. The van der Waals surface area contributed by atoms with Gasteiger partial charge in [-0.1, -0.05) is 54.1 Å². The van der Waals surface area contributed by atoms with Crippen molar-refractivity contribution >= 4 is 22.5 Å². The minimum atomic E-state index is -0.197. The van der Waals surface area contributed by atoms with Gasteiger partial charge in [-0.05, 0) is 32.5 Å². The van der Waals surface area contributed by atoms with Crippen molar-refractivity contribution in [3.8, 4) is 0 Å². The van der Waals surface area contributed by atoms with E-state index in [0.717, 1.165) is 54.8 Å². The normalized spacial score (nSPS) is 15.3. The Bertz CT molecular complexity index is 1020. The van der Waals surface area contributed by atoms with Gasteiger partial charge in [0.15, 0.2) is 11.5 Å². The summed E-state index contributed by atoms with van der Waals surface area (Å²) in [4.78, 5) is 17.5. The molecule has 1 aliphatic heterocycles. The summed E-state index contributed by atoms with van der Waals surface area (Å²) >= 11 is 0. The molecule has 1 aromatic heterocycles. The van der Waals surface area contributed by atoms with Crippen molar-refractivity contribution in [2.75, 3.05) is 38.1 Å². The fourth-order valence-electron chi connectivity index (χ4n) is 3.84. The number of anilines is 1. The van der Waals surface area contributed by atoms with Crippen LogP contribution in [0.2, 0.25) is 0 Å². The summed E-state index contributed by atoms with van der Waals surface area (Å²) in [6.45, 7) is 6.45. The number of carbonyl (C=O) groups excluding carboxylic acids is 1. The SMILES string of the molecule is Cc1cccc(CNC(=O)c2nnc(N3CCCN(C)CC3)c3ccccc23)c1. The van der Waals surface area contributed by atoms with E-state index in [0.29, 0.717) is 12.2 Å². The number of nitrogens with zero attached hydrogens (tertiary/aromatic N) is 4. The number of amides is 1. The number of benzene rings is 2. The third-order valence-electron chi connectivity index (χ3n) is 5.44. The molecule has 2 heterocycles. The Kier molecular flexibility index (Phi) is 5.71. The Balaban J connectivity index is 1.60. The standard InChI is InChI=1S/C23H27N5O/c1-17-7-5-8-18(15-17)16-24-23(29)21-19-9-3-4-10-20(19)22(26-25-21)28-12-6-11-27(2)13-14-28/h3-5,7-10,15H,6,11-14,16H2,1-2H3,(H,24,29). The summed E-state index contributed by atoms with van der Waals surface area (Å²) in [5.41, 5.74) is 2.62. The molecule has 150 valence electrons. The second-order valence-corrected chi connectivity index (χ2v) is 7.73. The first-order valence-electron chi connectivity index (χ1n) is 10.1. The Morgan fingerprint density at radius 3 is 2.66 bits per heavy atom. The number of likely N-dealkylation sites (N-methyl/N-ethyl adjacent to an activating group) is 1. The van der Waals surface area contributed by atoms with Gasteiger partial charge in [-0.3, -0.25) is 4.79 Å². The molecule has 0 atom stereocenters. The summed E-state index contributed by atoms with van der Waals surface area (Å²) in [6.07, 6.45) is 1.09. The third-order valence-corrected chi connectivity index (χ3v) is 5.44. The lowest BCUT2D eigenvalue weighted by Gasteiger charge is -2.23. The predicted octanol–water partition coefficient (Wildman–Crippen LogP) is 3.01. The van der Waals surface area contributed by atoms with Gasteiger partial charge in [0.25, 0.3) is 5.91 Å². The van der Waals surface area contributed by atoms with E-state index in [9.17, 15) is 4.79 Å². The predicted molar refractivity (Wildman–Crippen MR) is 116 cm³/mol. The maximum atomic E-state index is 12.9. The summed E-state index contributed by atoms with van der Waals surface area (Å²) in [7, 11) is 2.15. The number of hydrogen-bond acceptors (Lipinski definition) is 5. The van der Waals surface area contributed by atoms with Crippen molar-refractivity contribution in [3.05, 3.63) is 65.4 Å². The van der Waals surface area contributed by atoms with E-state index in [1.165, 1.54) is 5.56 Å². The van der Waals surface area contributed by atoms with Crippen molar-refractivity contribution in [1.82, 2.24) is 20.4 Å². The fourth-order valence-corrected chi connectivity index (χ4v) is 3.84. The van der Waals surface area contributed by atoms with E-state index in [-0.39, 0.29) is 5.91 Å². The molecule has 0 aliphatic carbocycles. The minimum Gasteiger partial charge on any atom is -0.353 e. The lowest BCUT2D eigenvalue weighted by atomic mass is 10.1. The molecule has 29 heavy (non-hydrogen) atoms. The van der Waals surface area contributed by atoms with E-state index < -0.39 is 0 Å². The first-order chi connectivity index (χ1) is 14.1. The van der Waals surface area contributed by atoms with Crippen molar-refractivity contribution < 1.29 is 4.79 Å². The van der Waals surface area contributed by atoms with Gasteiger partial charge in [0, 0.05) is 37.0 Å². The largest absolute Gasteiger partial charge is 0.353 e. The molecule has 0 saturated carbocycles. The molecular weight excluding hydrogens is 362 g/mol. The maximum absolute atomic E-state index is 12.9. The monoisotopic (exact) mass is 389 g/mol. The van der Waals surface area contributed by atoms with Crippen molar-refractivity contribution in [1.29, 1.82) is 0 Å². The van der Waals surface area contributed by atoms with Gasteiger partial charge in [-0.15, -0.1) is 10.2 Å². The average Bonchev–Trinajstić information content (AvgIpc) is 2.95. The van der Waals surface area contributed by atoms with E-state index >= 15 is 0 Å². The molecule has 0 spiro atoms. The van der Waals surface area contributed by atoms with Crippen LogP contribution in [0.25, 0.3) is 10.8 Å². The molecule has 3 aromatic rings. The van der Waals surface area contributed by atoms with Crippen LogP contribution in [-0.2, 0) is 6.54 Å². The van der Waals surface area contributed by atoms with Gasteiger partial charge in [0.05, 0.1) is 0 Å². The molecule has 0 unspecified atom stereocenters. The van der Waals surface area contributed by atoms with E-state index in [1.54, 1.807) is 0 Å². The molecule has 0 radical (unpaired) electrons. The molecule has 1 fully saturated rings. The molecule has 2 aromatic carbocycles. The molecule has 1 aliphatic rings. The van der Waals surface area contributed by atoms with Crippen molar-refractivity contribution in [3.63, 3.8) is 0 Å². The zero-order chi connectivity index (χ0) is 20.2. The topological polar surface area (TPSA) is 61.4 Å². The minimum absolute atomic E-state index is 0.197. The zero-order valence-electron chi connectivity index (χ0n) is 17.1. The highest BCUT2D eigenvalue weighted by Crippen LogP contribution is 2.26. The quantitative estimate of drug-likeness (QED) is 0.743. The summed E-state index contributed by atoms with van der Waals surface area (Å²) in [5, 5.41) is 13.6.